The van der Waals surface area contributed by atoms with Gasteiger partial charge in [-0.3, -0.25) is 0 Å². The molecular formula is C16H9ClF2O4. The van der Waals surface area contributed by atoms with E-state index in [0.29, 0.717) is 5.39 Å². The molecule has 0 saturated carbocycles. The fourth-order valence-corrected chi connectivity index (χ4v) is 2.36. The lowest BCUT2D eigenvalue weighted by Crippen LogP contribution is -1.97. The Bertz CT molecular complexity index is 889. The number of rotatable bonds is 4. The molecule has 0 aliphatic rings. The molecule has 0 unspecified atom stereocenters. The molecule has 0 amide bonds. The minimum Gasteiger partial charge on any atom is -0.478 e. The van der Waals surface area contributed by atoms with E-state index in [4.69, 9.17) is 25.9 Å². The monoisotopic (exact) mass is 338 g/mol. The largest absolute Gasteiger partial charge is 0.478 e. The van der Waals surface area contributed by atoms with Crippen LogP contribution in [0.15, 0.2) is 46.9 Å². The molecule has 7 heteroatoms. The van der Waals surface area contributed by atoms with Crippen molar-refractivity contribution in [3.05, 3.63) is 58.8 Å². The van der Waals surface area contributed by atoms with E-state index in [1.165, 1.54) is 24.3 Å². The Morgan fingerprint density at radius 2 is 2.00 bits per heavy atom. The van der Waals surface area contributed by atoms with Crippen LogP contribution < -0.4 is 4.74 Å². The molecule has 4 nitrogen and oxygen atoms in total. The van der Waals surface area contributed by atoms with Gasteiger partial charge in [-0.2, -0.15) is 0 Å². The fourth-order valence-electron chi connectivity index (χ4n) is 2.10. The van der Waals surface area contributed by atoms with Crippen LogP contribution in [0, 0.1) is 0 Å². The van der Waals surface area contributed by atoms with Crippen LogP contribution in [0.4, 0.5) is 8.78 Å². The molecule has 2 aromatic carbocycles. The highest BCUT2D eigenvalue weighted by molar-refractivity contribution is 6.33. The first kappa shape index (κ1) is 15.3. The molecule has 1 heterocycles. The normalized spacial score (nSPS) is 11.1. The Morgan fingerprint density at radius 3 is 2.65 bits per heavy atom. The van der Waals surface area contributed by atoms with Gasteiger partial charge < -0.3 is 14.3 Å². The third-order valence-electron chi connectivity index (χ3n) is 3.14. The third kappa shape index (κ3) is 2.98. The summed E-state index contributed by atoms with van der Waals surface area (Å²) in [4.78, 5) is 10.9. The van der Waals surface area contributed by atoms with Crippen molar-refractivity contribution < 1.29 is 27.8 Å². The van der Waals surface area contributed by atoms with Crippen LogP contribution in [0.2, 0.25) is 5.02 Å². The van der Waals surface area contributed by atoms with Gasteiger partial charge in [-0.1, -0.05) is 23.7 Å². The van der Waals surface area contributed by atoms with E-state index in [-0.39, 0.29) is 27.7 Å². The molecule has 0 spiro atoms. The summed E-state index contributed by atoms with van der Waals surface area (Å²) in [7, 11) is 0. The lowest BCUT2D eigenvalue weighted by atomic mass is 10.2. The van der Waals surface area contributed by atoms with Crippen molar-refractivity contribution in [2.45, 2.75) is 6.43 Å². The predicted octanol–water partition coefficient (Wildman–Crippen LogP) is 5.51. The van der Waals surface area contributed by atoms with Crippen molar-refractivity contribution in [3.63, 3.8) is 0 Å². The topological polar surface area (TPSA) is 59.7 Å². The minimum atomic E-state index is -2.72. The molecule has 23 heavy (non-hydrogen) atoms. The van der Waals surface area contributed by atoms with Gasteiger partial charge >= 0.3 is 5.97 Å². The van der Waals surface area contributed by atoms with E-state index < -0.39 is 18.2 Å². The molecule has 0 radical (unpaired) electrons. The van der Waals surface area contributed by atoms with Crippen LogP contribution in [-0.2, 0) is 0 Å². The lowest BCUT2D eigenvalue weighted by Gasteiger charge is -2.07. The Labute approximate surface area is 133 Å². The summed E-state index contributed by atoms with van der Waals surface area (Å²) in [6, 6.07) is 10.1. The summed E-state index contributed by atoms with van der Waals surface area (Å²) in [5, 5.41) is 9.42. The molecule has 0 atom stereocenters. The standard InChI is InChI=1S/C16H9ClF2O4/c17-11-7-9(4-5-10(11)16(20)21)22-12-3-1-2-8-6-13(15(18)19)23-14(8)12/h1-7,15H,(H,20,21). The summed E-state index contributed by atoms with van der Waals surface area (Å²) >= 11 is 5.87. The number of aromatic carboxylic acids is 1. The second-order valence-corrected chi connectivity index (χ2v) is 5.08. The average Bonchev–Trinajstić information content (AvgIpc) is 2.92. The van der Waals surface area contributed by atoms with Crippen molar-refractivity contribution in [1.82, 2.24) is 0 Å². The van der Waals surface area contributed by atoms with Crippen molar-refractivity contribution in [3.8, 4) is 11.5 Å². The zero-order valence-corrected chi connectivity index (χ0v) is 12.2. The third-order valence-corrected chi connectivity index (χ3v) is 3.45. The van der Waals surface area contributed by atoms with E-state index in [9.17, 15) is 13.6 Å². The van der Waals surface area contributed by atoms with E-state index in [1.54, 1.807) is 18.2 Å². The molecule has 0 saturated heterocycles. The second-order valence-electron chi connectivity index (χ2n) is 4.67. The van der Waals surface area contributed by atoms with Crippen molar-refractivity contribution >= 4 is 28.5 Å². The van der Waals surface area contributed by atoms with Gasteiger partial charge in [-0.15, -0.1) is 0 Å². The first-order valence-electron chi connectivity index (χ1n) is 6.47. The molecule has 3 aromatic rings. The number of furan rings is 1. The number of hydrogen-bond donors (Lipinski definition) is 1. The first-order valence-corrected chi connectivity index (χ1v) is 6.85. The molecule has 0 bridgehead atoms. The number of alkyl halides is 2. The first-order chi connectivity index (χ1) is 11.0. The van der Waals surface area contributed by atoms with Gasteiger partial charge in [0, 0.05) is 11.5 Å². The van der Waals surface area contributed by atoms with Crippen LogP contribution in [0.25, 0.3) is 11.0 Å². The molecule has 3 rings (SSSR count). The van der Waals surface area contributed by atoms with Crippen LogP contribution in [0.5, 0.6) is 11.5 Å². The maximum absolute atomic E-state index is 12.7. The van der Waals surface area contributed by atoms with Crippen LogP contribution in [0.1, 0.15) is 22.5 Å². The summed E-state index contributed by atoms with van der Waals surface area (Å²) in [6.07, 6.45) is -2.72. The number of carbonyl (C=O) groups is 1. The quantitative estimate of drug-likeness (QED) is 0.681. The van der Waals surface area contributed by atoms with Crippen LogP contribution >= 0.6 is 11.6 Å². The van der Waals surface area contributed by atoms with Gasteiger partial charge in [-0.05, 0) is 24.3 Å². The smallest absolute Gasteiger partial charge is 0.337 e. The van der Waals surface area contributed by atoms with Crippen molar-refractivity contribution in [2.75, 3.05) is 0 Å². The van der Waals surface area contributed by atoms with Crippen LogP contribution in [0.3, 0.4) is 0 Å². The number of hydrogen-bond acceptors (Lipinski definition) is 3. The number of ether oxygens (including phenoxy) is 1. The summed E-state index contributed by atoms with van der Waals surface area (Å²) in [5.41, 5.74) is 0.122. The maximum Gasteiger partial charge on any atom is 0.337 e. The molecule has 1 aromatic heterocycles. The van der Waals surface area contributed by atoms with E-state index in [0.717, 1.165) is 0 Å². The van der Waals surface area contributed by atoms with Gasteiger partial charge in [0.05, 0.1) is 10.6 Å². The Morgan fingerprint density at radius 1 is 1.22 bits per heavy atom. The van der Waals surface area contributed by atoms with E-state index >= 15 is 0 Å². The van der Waals surface area contributed by atoms with Crippen molar-refractivity contribution in [2.24, 2.45) is 0 Å². The second kappa shape index (κ2) is 5.89. The summed E-state index contributed by atoms with van der Waals surface area (Å²) in [6.45, 7) is 0. The number of halogens is 3. The summed E-state index contributed by atoms with van der Waals surface area (Å²) < 4.78 is 36.2. The number of benzene rings is 2. The zero-order chi connectivity index (χ0) is 16.6. The number of fused-ring (bicyclic) bond motifs is 1. The van der Waals surface area contributed by atoms with E-state index in [1.807, 2.05) is 0 Å². The molecule has 1 N–H and O–H groups in total. The molecule has 0 fully saturated rings. The van der Waals surface area contributed by atoms with Gasteiger partial charge in [-0.25, -0.2) is 13.6 Å². The Hall–Kier alpha value is -2.60. The van der Waals surface area contributed by atoms with Gasteiger partial charge in [0.15, 0.2) is 17.1 Å². The lowest BCUT2D eigenvalue weighted by molar-refractivity contribution is 0.0697. The highest BCUT2D eigenvalue weighted by Crippen LogP contribution is 2.35. The molecule has 0 aliphatic carbocycles. The SMILES string of the molecule is O=C(O)c1ccc(Oc2cccc3cc(C(F)F)oc23)cc1Cl. The van der Waals surface area contributed by atoms with Gasteiger partial charge in [0.1, 0.15) is 5.75 Å². The summed E-state index contributed by atoms with van der Waals surface area (Å²) in [5.74, 6) is -1.11. The zero-order valence-electron chi connectivity index (χ0n) is 11.4. The number of para-hydroxylation sites is 1. The average molecular weight is 339 g/mol. The fraction of sp³-hybridized carbons (Fsp3) is 0.0625. The van der Waals surface area contributed by atoms with E-state index in [2.05, 4.69) is 0 Å². The van der Waals surface area contributed by atoms with Crippen molar-refractivity contribution in [1.29, 1.82) is 0 Å². The molecular weight excluding hydrogens is 330 g/mol. The molecule has 118 valence electrons. The predicted molar refractivity (Wildman–Crippen MR) is 79.7 cm³/mol. The molecule has 0 aliphatic heterocycles. The highest BCUT2D eigenvalue weighted by atomic mass is 35.5. The van der Waals surface area contributed by atoms with Gasteiger partial charge in [0.25, 0.3) is 6.43 Å². The highest BCUT2D eigenvalue weighted by Gasteiger charge is 2.17. The Balaban J connectivity index is 1.98. The Kier molecular flexibility index (Phi) is 3.92. The van der Waals surface area contributed by atoms with Gasteiger partial charge in [0.2, 0.25) is 0 Å². The minimum absolute atomic E-state index is 0.00916. The van der Waals surface area contributed by atoms with Crippen LogP contribution in [-0.4, -0.2) is 11.1 Å². The maximum atomic E-state index is 12.7. The number of carboxylic acid groups (broad SMARTS) is 1. The number of carboxylic acids is 1.